The molecule has 1 N–H and O–H groups in total. The minimum atomic E-state index is -0.980. The number of likely N-dealkylation sites (tertiary alicyclic amines) is 1. The molecule has 2 heterocycles. The molecular weight excluding hydrogens is 268 g/mol. The van der Waals surface area contributed by atoms with E-state index >= 15 is 0 Å². The zero-order valence-electron chi connectivity index (χ0n) is 11.3. The lowest BCUT2D eigenvalue weighted by atomic mass is 9.97. The Morgan fingerprint density at radius 2 is 2.21 bits per heavy atom. The van der Waals surface area contributed by atoms with E-state index in [4.69, 9.17) is 9.84 Å². The van der Waals surface area contributed by atoms with Crippen LogP contribution < -0.4 is 0 Å². The molecule has 2 aliphatic heterocycles. The van der Waals surface area contributed by atoms with Crippen LogP contribution in [0.25, 0.3) is 0 Å². The SMILES string of the molecule is CN(C(=O)N1CC(C)(OCC(=O)O)C1)C1CCSC1. The van der Waals surface area contributed by atoms with Crippen molar-refractivity contribution >= 4 is 23.8 Å². The second-order valence-electron chi connectivity index (χ2n) is 5.40. The second-order valence-corrected chi connectivity index (χ2v) is 6.55. The number of ether oxygens (including phenoxy) is 1. The monoisotopic (exact) mass is 288 g/mol. The molecule has 0 aromatic heterocycles. The average molecular weight is 288 g/mol. The molecule has 2 saturated heterocycles. The van der Waals surface area contributed by atoms with Crippen molar-refractivity contribution in [2.45, 2.75) is 25.0 Å². The molecule has 0 radical (unpaired) electrons. The molecule has 0 aliphatic carbocycles. The number of thioether (sulfide) groups is 1. The zero-order chi connectivity index (χ0) is 14.0. The summed E-state index contributed by atoms with van der Waals surface area (Å²) in [6.45, 7) is 2.45. The van der Waals surface area contributed by atoms with Gasteiger partial charge in [0.2, 0.25) is 0 Å². The molecule has 0 saturated carbocycles. The summed E-state index contributed by atoms with van der Waals surface area (Å²) in [7, 11) is 1.84. The number of urea groups is 1. The third-order valence-corrected chi connectivity index (χ3v) is 4.77. The van der Waals surface area contributed by atoms with Crippen LogP contribution in [0.5, 0.6) is 0 Å². The maximum atomic E-state index is 12.2. The molecule has 0 aromatic carbocycles. The number of hydrogen-bond donors (Lipinski definition) is 1. The molecule has 0 bridgehead atoms. The van der Waals surface area contributed by atoms with Crippen molar-refractivity contribution in [3.05, 3.63) is 0 Å². The lowest BCUT2D eigenvalue weighted by Gasteiger charge is -2.48. The predicted octanol–water partition coefficient (Wildman–Crippen LogP) is 0.719. The quantitative estimate of drug-likeness (QED) is 0.825. The van der Waals surface area contributed by atoms with Crippen LogP contribution >= 0.6 is 11.8 Å². The molecule has 1 unspecified atom stereocenters. The van der Waals surface area contributed by atoms with Crippen LogP contribution in [0.15, 0.2) is 0 Å². The van der Waals surface area contributed by atoms with E-state index in [-0.39, 0.29) is 12.6 Å². The predicted molar refractivity (Wildman–Crippen MR) is 72.5 cm³/mol. The van der Waals surface area contributed by atoms with Gasteiger partial charge in [-0.3, -0.25) is 0 Å². The number of nitrogens with zero attached hydrogens (tertiary/aromatic N) is 2. The van der Waals surface area contributed by atoms with Gasteiger partial charge < -0.3 is 19.6 Å². The van der Waals surface area contributed by atoms with Crippen molar-refractivity contribution in [2.75, 3.05) is 38.2 Å². The standard InChI is InChI=1S/C12H20N2O4S/c1-12(18-5-10(15)16)7-14(8-12)11(17)13(2)9-3-4-19-6-9/h9H,3-8H2,1-2H3,(H,15,16). The topological polar surface area (TPSA) is 70.1 Å². The highest BCUT2D eigenvalue weighted by atomic mass is 32.2. The van der Waals surface area contributed by atoms with Gasteiger partial charge in [0.25, 0.3) is 0 Å². The Kier molecular flexibility index (Phi) is 4.25. The molecule has 2 aliphatic rings. The number of amides is 2. The molecule has 1 atom stereocenters. The van der Waals surface area contributed by atoms with Crippen LogP contribution in [0.4, 0.5) is 4.79 Å². The van der Waals surface area contributed by atoms with Gasteiger partial charge in [-0.05, 0) is 19.1 Å². The molecule has 19 heavy (non-hydrogen) atoms. The van der Waals surface area contributed by atoms with Gasteiger partial charge in [-0.2, -0.15) is 11.8 Å². The first-order valence-corrected chi connectivity index (χ1v) is 7.52. The van der Waals surface area contributed by atoms with E-state index in [0.29, 0.717) is 19.1 Å². The van der Waals surface area contributed by atoms with Crippen LogP contribution in [0.1, 0.15) is 13.3 Å². The van der Waals surface area contributed by atoms with Crippen molar-refractivity contribution in [3.63, 3.8) is 0 Å². The normalized spacial score (nSPS) is 24.9. The molecule has 0 spiro atoms. The van der Waals surface area contributed by atoms with Crippen molar-refractivity contribution in [1.82, 2.24) is 9.80 Å². The summed E-state index contributed by atoms with van der Waals surface area (Å²) in [6.07, 6.45) is 1.05. The fourth-order valence-electron chi connectivity index (χ4n) is 2.43. The first-order chi connectivity index (χ1) is 8.91. The van der Waals surface area contributed by atoms with Crippen molar-refractivity contribution < 1.29 is 19.4 Å². The summed E-state index contributed by atoms with van der Waals surface area (Å²) in [5.41, 5.74) is -0.515. The van der Waals surface area contributed by atoms with Crippen molar-refractivity contribution in [3.8, 4) is 0 Å². The number of carbonyl (C=O) groups is 2. The van der Waals surface area contributed by atoms with Gasteiger partial charge in [0.1, 0.15) is 12.2 Å². The molecule has 6 nitrogen and oxygen atoms in total. The summed E-state index contributed by atoms with van der Waals surface area (Å²) in [5.74, 6) is 1.14. The van der Waals surface area contributed by atoms with Gasteiger partial charge >= 0.3 is 12.0 Å². The Balaban J connectivity index is 1.78. The van der Waals surface area contributed by atoms with Gasteiger partial charge in [-0.25, -0.2) is 9.59 Å². The third kappa shape index (κ3) is 3.33. The summed E-state index contributed by atoms with van der Waals surface area (Å²) >= 11 is 1.87. The first kappa shape index (κ1) is 14.5. The Morgan fingerprint density at radius 3 is 2.74 bits per heavy atom. The zero-order valence-corrected chi connectivity index (χ0v) is 12.1. The Bertz CT molecular complexity index is 365. The molecule has 108 valence electrons. The fourth-order valence-corrected chi connectivity index (χ4v) is 3.70. The first-order valence-electron chi connectivity index (χ1n) is 6.36. The van der Waals surface area contributed by atoms with Gasteiger partial charge in [0.05, 0.1) is 13.1 Å². The number of carboxylic acids is 1. The van der Waals surface area contributed by atoms with Crippen molar-refractivity contribution in [1.29, 1.82) is 0 Å². The average Bonchev–Trinajstić information content (AvgIpc) is 2.84. The van der Waals surface area contributed by atoms with Gasteiger partial charge in [0.15, 0.2) is 0 Å². The van der Waals surface area contributed by atoms with E-state index in [1.807, 2.05) is 25.7 Å². The van der Waals surface area contributed by atoms with Crippen molar-refractivity contribution in [2.24, 2.45) is 0 Å². The Labute approximate surface area is 117 Å². The summed E-state index contributed by atoms with van der Waals surface area (Å²) < 4.78 is 5.30. The van der Waals surface area contributed by atoms with Gasteiger partial charge in [-0.1, -0.05) is 0 Å². The fraction of sp³-hybridized carbons (Fsp3) is 0.833. The lowest BCUT2D eigenvalue weighted by Crippen LogP contribution is -2.66. The van der Waals surface area contributed by atoms with Crippen LogP contribution in [-0.2, 0) is 9.53 Å². The molecule has 2 amide bonds. The van der Waals surface area contributed by atoms with E-state index < -0.39 is 11.6 Å². The largest absolute Gasteiger partial charge is 0.480 e. The van der Waals surface area contributed by atoms with Gasteiger partial charge in [0, 0.05) is 18.8 Å². The maximum Gasteiger partial charge on any atom is 0.329 e. The van der Waals surface area contributed by atoms with E-state index in [9.17, 15) is 9.59 Å². The minimum absolute atomic E-state index is 0.0175. The lowest BCUT2D eigenvalue weighted by molar-refractivity contribution is -0.160. The molecule has 7 heteroatoms. The number of aliphatic carboxylic acids is 1. The van der Waals surface area contributed by atoms with Crippen LogP contribution in [-0.4, -0.2) is 76.8 Å². The second kappa shape index (κ2) is 5.58. The molecule has 0 aromatic rings. The summed E-state index contributed by atoms with van der Waals surface area (Å²) in [4.78, 5) is 26.2. The summed E-state index contributed by atoms with van der Waals surface area (Å²) in [5, 5.41) is 8.59. The van der Waals surface area contributed by atoms with E-state index in [1.54, 1.807) is 9.80 Å². The number of carbonyl (C=O) groups excluding carboxylic acids is 1. The van der Waals surface area contributed by atoms with Crippen LogP contribution in [0.3, 0.4) is 0 Å². The highest BCUT2D eigenvalue weighted by molar-refractivity contribution is 7.99. The molecular formula is C12H20N2O4S. The van der Waals surface area contributed by atoms with E-state index in [2.05, 4.69) is 0 Å². The van der Waals surface area contributed by atoms with Crippen LogP contribution in [0, 0.1) is 0 Å². The molecule has 2 fully saturated rings. The minimum Gasteiger partial charge on any atom is -0.480 e. The Hall–Kier alpha value is -0.950. The summed E-state index contributed by atoms with van der Waals surface area (Å²) in [6, 6.07) is 0.341. The van der Waals surface area contributed by atoms with E-state index in [0.717, 1.165) is 17.9 Å². The van der Waals surface area contributed by atoms with Crippen LogP contribution in [0.2, 0.25) is 0 Å². The number of hydrogen-bond acceptors (Lipinski definition) is 4. The van der Waals surface area contributed by atoms with Gasteiger partial charge in [-0.15, -0.1) is 0 Å². The smallest absolute Gasteiger partial charge is 0.329 e. The highest BCUT2D eigenvalue weighted by Crippen LogP contribution is 2.28. The number of rotatable bonds is 4. The Morgan fingerprint density at radius 1 is 1.53 bits per heavy atom. The third-order valence-electron chi connectivity index (χ3n) is 3.62. The molecule has 2 rings (SSSR count). The van der Waals surface area contributed by atoms with E-state index in [1.165, 1.54) is 0 Å². The maximum absolute atomic E-state index is 12.2. The number of carboxylic acid groups (broad SMARTS) is 1. The highest BCUT2D eigenvalue weighted by Gasteiger charge is 2.44.